The molecule has 0 aliphatic carbocycles. The maximum Gasteiger partial charge on any atom is 0.0627 e. The molecule has 0 fully saturated rings. The van der Waals surface area contributed by atoms with Gasteiger partial charge in [0.05, 0.1) is 10.0 Å². The van der Waals surface area contributed by atoms with Gasteiger partial charge in [-0.2, -0.15) is 0 Å². The van der Waals surface area contributed by atoms with Crippen molar-refractivity contribution in [2.45, 2.75) is 32.6 Å². The lowest BCUT2D eigenvalue weighted by atomic mass is 9.94. The maximum absolute atomic E-state index is 6.11. The minimum Gasteiger partial charge on any atom is -0.0827 e. The van der Waals surface area contributed by atoms with Gasteiger partial charge in [0, 0.05) is 0 Å². The second kappa shape index (κ2) is 4.88. The Kier molecular flexibility index (Phi) is 4.08. The SMILES string of the molecule is CCC(CC)c1cccc(Cl)c1Cl. The summed E-state index contributed by atoms with van der Waals surface area (Å²) in [6.07, 6.45) is 2.22. The summed E-state index contributed by atoms with van der Waals surface area (Å²) in [6, 6.07) is 5.85. The number of hydrogen-bond donors (Lipinski definition) is 0. The summed E-state index contributed by atoms with van der Waals surface area (Å²) >= 11 is 12.1. The van der Waals surface area contributed by atoms with Gasteiger partial charge in [0.1, 0.15) is 0 Å². The first-order valence-corrected chi connectivity index (χ1v) is 5.40. The summed E-state index contributed by atoms with van der Waals surface area (Å²) in [5.41, 5.74) is 1.18. The Morgan fingerprint density at radius 3 is 2.31 bits per heavy atom. The van der Waals surface area contributed by atoms with Gasteiger partial charge in [0.25, 0.3) is 0 Å². The highest BCUT2D eigenvalue weighted by molar-refractivity contribution is 6.42. The topological polar surface area (TPSA) is 0 Å². The number of hydrogen-bond acceptors (Lipinski definition) is 0. The summed E-state index contributed by atoms with van der Waals surface area (Å²) in [6.45, 7) is 4.34. The molecule has 0 aliphatic heterocycles. The highest BCUT2D eigenvalue weighted by Gasteiger charge is 2.12. The highest BCUT2D eigenvalue weighted by atomic mass is 35.5. The fourth-order valence-corrected chi connectivity index (χ4v) is 2.03. The van der Waals surface area contributed by atoms with Gasteiger partial charge < -0.3 is 0 Å². The van der Waals surface area contributed by atoms with Crippen molar-refractivity contribution in [3.63, 3.8) is 0 Å². The van der Waals surface area contributed by atoms with E-state index < -0.39 is 0 Å². The molecule has 0 saturated carbocycles. The molecule has 0 N–H and O–H groups in total. The van der Waals surface area contributed by atoms with Crippen LogP contribution in [0.5, 0.6) is 0 Å². The van der Waals surface area contributed by atoms with Crippen molar-refractivity contribution in [3.8, 4) is 0 Å². The maximum atomic E-state index is 6.11. The molecule has 0 aromatic heterocycles. The van der Waals surface area contributed by atoms with Crippen LogP contribution in [0.1, 0.15) is 38.2 Å². The van der Waals surface area contributed by atoms with Crippen LogP contribution in [0.2, 0.25) is 10.0 Å². The molecule has 72 valence electrons. The van der Waals surface area contributed by atoms with E-state index >= 15 is 0 Å². The largest absolute Gasteiger partial charge is 0.0827 e. The van der Waals surface area contributed by atoms with E-state index in [2.05, 4.69) is 19.9 Å². The van der Waals surface area contributed by atoms with Gasteiger partial charge in [-0.05, 0) is 30.4 Å². The van der Waals surface area contributed by atoms with Crippen LogP contribution in [-0.2, 0) is 0 Å². The second-order valence-electron chi connectivity index (χ2n) is 3.16. The molecule has 1 aromatic carbocycles. The van der Waals surface area contributed by atoms with Gasteiger partial charge >= 0.3 is 0 Å². The van der Waals surface area contributed by atoms with Gasteiger partial charge in [0.2, 0.25) is 0 Å². The normalized spacial score (nSPS) is 10.8. The monoisotopic (exact) mass is 216 g/mol. The molecule has 0 unspecified atom stereocenters. The van der Waals surface area contributed by atoms with E-state index in [4.69, 9.17) is 23.2 Å². The molecule has 0 saturated heterocycles. The molecule has 0 nitrogen and oxygen atoms in total. The quantitative estimate of drug-likeness (QED) is 0.675. The molecule has 0 bridgehead atoms. The molecular formula is C11H14Cl2. The van der Waals surface area contributed by atoms with Crippen LogP contribution in [0.4, 0.5) is 0 Å². The van der Waals surface area contributed by atoms with E-state index in [-0.39, 0.29) is 0 Å². The lowest BCUT2D eigenvalue weighted by molar-refractivity contribution is 0.642. The molecule has 0 spiro atoms. The summed E-state index contributed by atoms with van der Waals surface area (Å²) in [5, 5.41) is 1.38. The Morgan fingerprint density at radius 2 is 1.77 bits per heavy atom. The summed E-state index contributed by atoms with van der Waals surface area (Å²) < 4.78 is 0. The average molecular weight is 217 g/mol. The molecular weight excluding hydrogens is 203 g/mol. The first-order valence-electron chi connectivity index (χ1n) is 4.64. The van der Waals surface area contributed by atoms with Gasteiger partial charge in [-0.25, -0.2) is 0 Å². The van der Waals surface area contributed by atoms with Gasteiger partial charge in [-0.3, -0.25) is 0 Å². The van der Waals surface area contributed by atoms with Crippen LogP contribution < -0.4 is 0 Å². The third-order valence-corrected chi connectivity index (χ3v) is 3.24. The van der Waals surface area contributed by atoms with Crippen molar-refractivity contribution in [1.29, 1.82) is 0 Å². The summed E-state index contributed by atoms with van der Waals surface area (Å²) in [7, 11) is 0. The number of halogens is 2. The van der Waals surface area contributed by atoms with Crippen LogP contribution in [0.25, 0.3) is 0 Å². The van der Waals surface area contributed by atoms with E-state index in [0.29, 0.717) is 10.9 Å². The Hall–Kier alpha value is -0.200. The Labute approximate surface area is 89.9 Å². The zero-order valence-corrected chi connectivity index (χ0v) is 9.49. The predicted octanol–water partition coefficient (Wildman–Crippen LogP) is 4.90. The molecule has 0 radical (unpaired) electrons. The molecule has 2 heteroatoms. The lowest BCUT2D eigenvalue weighted by Crippen LogP contribution is -1.96. The Balaban J connectivity index is 3.05. The van der Waals surface area contributed by atoms with Gasteiger partial charge in [-0.15, -0.1) is 0 Å². The van der Waals surface area contributed by atoms with E-state index in [0.717, 1.165) is 17.9 Å². The zero-order chi connectivity index (χ0) is 9.84. The average Bonchev–Trinajstić information content (AvgIpc) is 2.14. The fourth-order valence-electron chi connectivity index (χ4n) is 1.56. The zero-order valence-electron chi connectivity index (χ0n) is 7.98. The number of rotatable bonds is 3. The van der Waals surface area contributed by atoms with E-state index in [9.17, 15) is 0 Å². The molecule has 0 heterocycles. The molecule has 0 atom stereocenters. The minimum atomic E-state index is 0.534. The van der Waals surface area contributed by atoms with Crippen molar-refractivity contribution in [1.82, 2.24) is 0 Å². The molecule has 1 rings (SSSR count). The standard InChI is InChI=1S/C11H14Cl2/c1-3-8(4-2)9-6-5-7-10(12)11(9)13/h5-8H,3-4H2,1-2H3. The lowest BCUT2D eigenvalue weighted by Gasteiger charge is -2.14. The molecule has 0 amide bonds. The Morgan fingerprint density at radius 1 is 1.15 bits per heavy atom. The first kappa shape index (κ1) is 10.9. The third kappa shape index (κ3) is 2.38. The van der Waals surface area contributed by atoms with E-state index in [1.807, 2.05) is 12.1 Å². The van der Waals surface area contributed by atoms with Crippen LogP contribution in [0.3, 0.4) is 0 Å². The number of benzene rings is 1. The third-order valence-electron chi connectivity index (χ3n) is 2.41. The van der Waals surface area contributed by atoms with Crippen molar-refractivity contribution in [3.05, 3.63) is 33.8 Å². The first-order chi connectivity index (χ1) is 6.20. The van der Waals surface area contributed by atoms with Crippen molar-refractivity contribution in [2.75, 3.05) is 0 Å². The second-order valence-corrected chi connectivity index (χ2v) is 3.94. The van der Waals surface area contributed by atoms with Crippen molar-refractivity contribution < 1.29 is 0 Å². The van der Waals surface area contributed by atoms with Crippen LogP contribution in [-0.4, -0.2) is 0 Å². The summed E-state index contributed by atoms with van der Waals surface area (Å²) in [5.74, 6) is 0.534. The Bertz CT molecular complexity index is 277. The van der Waals surface area contributed by atoms with Gasteiger partial charge in [0.15, 0.2) is 0 Å². The summed E-state index contributed by atoms with van der Waals surface area (Å²) in [4.78, 5) is 0. The van der Waals surface area contributed by atoms with Crippen molar-refractivity contribution >= 4 is 23.2 Å². The highest BCUT2D eigenvalue weighted by Crippen LogP contribution is 2.33. The van der Waals surface area contributed by atoms with Crippen LogP contribution in [0.15, 0.2) is 18.2 Å². The molecule has 13 heavy (non-hydrogen) atoms. The van der Waals surface area contributed by atoms with E-state index in [1.165, 1.54) is 5.56 Å². The minimum absolute atomic E-state index is 0.534. The molecule has 1 aromatic rings. The smallest absolute Gasteiger partial charge is 0.0627 e. The van der Waals surface area contributed by atoms with Gasteiger partial charge in [-0.1, -0.05) is 49.2 Å². The van der Waals surface area contributed by atoms with Crippen LogP contribution in [0, 0.1) is 0 Å². The van der Waals surface area contributed by atoms with Crippen LogP contribution >= 0.6 is 23.2 Å². The fraction of sp³-hybridized carbons (Fsp3) is 0.455. The predicted molar refractivity (Wildman–Crippen MR) is 59.8 cm³/mol. The van der Waals surface area contributed by atoms with E-state index in [1.54, 1.807) is 0 Å². The molecule has 0 aliphatic rings. The van der Waals surface area contributed by atoms with Crippen molar-refractivity contribution in [2.24, 2.45) is 0 Å².